The van der Waals surface area contributed by atoms with Gasteiger partial charge in [0.05, 0.1) is 6.54 Å². The lowest BCUT2D eigenvalue weighted by Gasteiger charge is -2.16. The molecule has 1 amide bonds. The van der Waals surface area contributed by atoms with Gasteiger partial charge in [-0.1, -0.05) is 30.3 Å². The summed E-state index contributed by atoms with van der Waals surface area (Å²) in [7, 11) is 0. The molecular weight excluding hydrogens is 390 g/mol. The fourth-order valence-corrected chi connectivity index (χ4v) is 4.02. The van der Waals surface area contributed by atoms with E-state index in [0.717, 1.165) is 27.5 Å². The molecule has 0 saturated heterocycles. The zero-order valence-corrected chi connectivity index (χ0v) is 16.4. The third-order valence-electron chi connectivity index (χ3n) is 4.30. The summed E-state index contributed by atoms with van der Waals surface area (Å²) in [5, 5.41) is 2.66. The highest BCUT2D eigenvalue weighted by molar-refractivity contribution is 7.17. The van der Waals surface area contributed by atoms with Gasteiger partial charge >= 0.3 is 5.97 Å². The molecule has 29 heavy (non-hydrogen) atoms. The monoisotopic (exact) mass is 409 g/mol. The van der Waals surface area contributed by atoms with Gasteiger partial charge in [-0.15, -0.1) is 11.3 Å². The maximum absolute atomic E-state index is 12.3. The molecule has 1 aliphatic rings. The molecule has 3 aromatic rings. The van der Waals surface area contributed by atoms with Crippen LogP contribution in [0.5, 0.6) is 11.5 Å². The van der Waals surface area contributed by atoms with Gasteiger partial charge in [-0.3, -0.25) is 4.79 Å². The molecule has 1 aliphatic heterocycles. The standard InChI is InChI=1S/C22H19NO5S/c24-20(23-10-11-26-16-6-2-1-3-7-16)14-28-22(25)19-12-15-13-27-18-9-5-4-8-17(18)21(15)29-19/h1-9,12H,10-11,13-14H2,(H,23,24). The second-order valence-corrected chi connectivity index (χ2v) is 7.39. The minimum Gasteiger partial charge on any atom is -0.492 e. The summed E-state index contributed by atoms with van der Waals surface area (Å²) >= 11 is 1.35. The van der Waals surface area contributed by atoms with Crippen molar-refractivity contribution in [1.82, 2.24) is 5.32 Å². The van der Waals surface area contributed by atoms with Gasteiger partial charge in [0.25, 0.3) is 5.91 Å². The Labute approximate surface area is 172 Å². The Morgan fingerprint density at radius 1 is 1.07 bits per heavy atom. The molecule has 0 spiro atoms. The fourth-order valence-electron chi connectivity index (χ4n) is 2.93. The smallest absolute Gasteiger partial charge is 0.348 e. The summed E-state index contributed by atoms with van der Waals surface area (Å²) in [6.07, 6.45) is 0. The van der Waals surface area contributed by atoms with Crippen molar-refractivity contribution in [3.63, 3.8) is 0 Å². The highest BCUT2D eigenvalue weighted by atomic mass is 32.1. The van der Waals surface area contributed by atoms with Crippen molar-refractivity contribution in [3.05, 3.63) is 71.1 Å². The van der Waals surface area contributed by atoms with E-state index in [2.05, 4.69) is 5.32 Å². The van der Waals surface area contributed by atoms with Crippen LogP contribution in [-0.4, -0.2) is 31.6 Å². The Bertz CT molecular complexity index is 1020. The molecule has 0 fully saturated rings. The van der Waals surface area contributed by atoms with Gasteiger partial charge in [0.2, 0.25) is 0 Å². The van der Waals surface area contributed by atoms with Crippen LogP contribution in [0.3, 0.4) is 0 Å². The first-order chi connectivity index (χ1) is 14.2. The summed E-state index contributed by atoms with van der Waals surface area (Å²) in [6.45, 7) is 0.741. The van der Waals surface area contributed by atoms with E-state index in [9.17, 15) is 9.59 Å². The minimum atomic E-state index is -0.516. The molecule has 0 atom stereocenters. The SMILES string of the molecule is O=C(COC(=O)c1cc2c(s1)-c1ccccc1OC2)NCCOc1ccccc1. The van der Waals surface area contributed by atoms with Gasteiger partial charge < -0.3 is 19.5 Å². The van der Waals surface area contributed by atoms with E-state index in [-0.39, 0.29) is 12.5 Å². The van der Waals surface area contributed by atoms with Gasteiger partial charge in [-0.2, -0.15) is 0 Å². The molecule has 2 aromatic carbocycles. The molecule has 148 valence electrons. The first-order valence-corrected chi connectivity index (χ1v) is 9.99. The average molecular weight is 409 g/mol. The van der Waals surface area contributed by atoms with Crippen molar-refractivity contribution in [3.8, 4) is 21.9 Å². The molecule has 7 heteroatoms. The van der Waals surface area contributed by atoms with Crippen LogP contribution in [0.4, 0.5) is 0 Å². The molecule has 2 heterocycles. The van der Waals surface area contributed by atoms with Crippen molar-refractivity contribution >= 4 is 23.2 Å². The van der Waals surface area contributed by atoms with Gasteiger partial charge in [0, 0.05) is 16.0 Å². The van der Waals surface area contributed by atoms with E-state index in [1.165, 1.54) is 11.3 Å². The molecule has 1 aromatic heterocycles. The predicted octanol–water partition coefficient (Wildman–Crippen LogP) is 3.66. The lowest BCUT2D eigenvalue weighted by Crippen LogP contribution is -2.32. The maximum Gasteiger partial charge on any atom is 0.348 e. The van der Waals surface area contributed by atoms with Crippen molar-refractivity contribution < 1.29 is 23.8 Å². The third kappa shape index (κ3) is 4.57. The first-order valence-electron chi connectivity index (χ1n) is 9.17. The molecular formula is C22H19NO5S. The molecule has 4 rings (SSSR count). The zero-order valence-electron chi connectivity index (χ0n) is 15.6. The molecule has 0 radical (unpaired) electrons. The number of fused-ring (bicyclic) bond motifs is 3. The summed E-state index contributed by atoms with van der Waals surface area (Å²) in [5.74, 6) is 0.654. The number of ether oxygens (including phenoxy) is 3. The number of thiophene rings is 1. The Balaban J connectivity index is 1.25. The molecule has 0 saturated carbocycles. The zero-order chi connectivity index (χ0) is 20.1. The van der Waals surface area contributed by atoms with Crippen molar-refractivity contribution in [1.29, 1.82) is 0 Å². The van der Waals surface area contributed by atoms with Crippen LogP contribution >= 0.6 is 11.3 Å². The largest absolute Gasteiger partial charge is 0.492 e. The lowest BCUT2D eigenvalue weighted by atomic mass is 10.1. The molecule has 0 aliphatic carbocycles. The number of amides is 1. The Hall–Kier alpha value is -3.32. The van der Waals surface area contributed by atoms with Crippen LogP contribution in [0, 0.1) is 0 Å². The van der Waals surface area contributed by atoms with Crippen LogP contribution in [0.15, 0.2) is 60.7 Å². The number of esters is 1. The number of hydrogen-bond donors (Lipinski definition) is 1. The first kappa shape index (κ1) is 19.0. The summed E-state index contributed by atoms with van der Waals surface area (Å²) in [6, 6.07) is 18.8. The number of nitrogens with one attached hydrogen (secondary N) is 1. The number of rotatable bonds is 7. The minimum absolute atomic E-state index is 0.326. The Kier molecular flexibility index (Phi) is 5.76. The van der Waals surface area contributed by atoms with Gasteiger partial charge in [-0.05, 0) is 30.3 Å². The average Bonchev–Trinajstić information content (AvgIpc) is 3.21. The number of carbonyl (C=O) groups is 2. The topological polar surface area (TPSA) is 73.9 Å². The van der Waals surface area contributed by atoms with Crippen LogP contribution in [0.25, 0.3) is 10.4 Å². The predicted molar refractivity (Wildman–Crippen MR) is 109 cm³/mol. The Morgan fingerprint density at radius 2 is 1.86 bits per heavy atom. The van der Waals surface area contributed by atoms with Gasteiger partial charge in [-0.25, -0.2) is 4.79 Å². The summed E-state index contributed by atoms with van der Waals surface area (Å²) in [4.78, 5) is 25.7. The van der Waals surface area contributed by atoms with Crippen LogP contribution < -0.4 is 14.8 Å². The van der Waals surface area contributed by atoms with E-state index in [1.807, 2.05) is 54.6 Å². The Morgan fingerprint density at radius 3 is 2.72 bits per heavy atom. The van der Waals surface area contributed by atoms with Crippen LogP contribution in [-0.2, 0) is 16.1 Å². The van der Waals surface area contributed by atoms with Gasteiger partial charge in [0.1, 0.15) is 29.6 Å². The van der Waals surface area contributed by atoms with Crippen LogP contribution in [0.1, 0.15) is 15.2 Å². The quantitative estimate of drug-likeness (QED) is 0.476. The highest BCUT2D eigenvalue weighted by Gasteiger charge is 2.23. The maximum atomic E-state index is 12.3. The summed E-state index contributed by atoms with van der Waals surface area (Å²) < 4.78 is 16.3. The van der Waals surface area contributed by atoms with E-state index in [0.29, 0.717) is 24.6 Å². The van der Waals surface area contributed by atoms with Crippen molar-refractivity contribution in [2.45, 2.75) is 6.61 Å². The van der Waals surface area contributed by atoms with E-state index >= 15 is 0 Å². The molecule has 0 unspecified atom stereocenters. The van der Waals surface area contributed by atoms with Crippen molar-refractivity contribution in [2.75, 3.05) is 19.8 Å². The van der Waals surface area contributed by atoms with E-state index < -0.39 is 5.97 Å². The second-order valence-electron chi connectivity index (χ2n) is 6.34. The summed E-state index contributed by atoms with van der Waals surface area (Å²) in [5.41, 5.74) is 1.91. The van der Waals surface area contributed by atoms with E-state index in [1.54, 1.807) is 6.07 Å². The fraction of sp³-hybridized carbons (Fsp3) is 0.182. The molecule has 0 bridgehead atoms. The molecule has 1 N–H and O–H groups in total. The van der Waals surface area contributed by atoms with Crippen LogP contribution in [0.2, 0.25) is 0 Å². The lowest BCUT2D eigenvalue weighted by molar-refractivity contribution is -0.124. The van der Waals surface area contributed by atoms with Gasteiger partial charge in [0.15, 0.2) is 6.61 Å². The van der Waals surface area contributed by atoms with Crippen molar-refractivity contribution in [2.24, 2.45) is 0 Å². The number of carbonyl (C=O) groups excluding carboxylic acids is 2. The normalized spacial score (nSPS) is 11.6. The third-order valence-corrected chi connectivity index (χ3v) is 5.49. The number of para-hydroxylation sites is 2. The molecule has 6 nitrogen and oxygen atoms in total. The highest BCUT2D eigenvalue weighted by Crippen LogP contribution is 2.42. The number of hydrogen-bond acceptors (Lipinski definition) is 6. The number of benzene rings is 2. The van der Waals surface area contributed by atoms with E-state index in [4.69, 9.17) is 14.2 Å². The second kappa shape index (κ2) is 8.79.